The number of aliphatic carboxylic acids is 1. The maximum absolute atomic E-state index is 11.5. The van der Waals surface area contributed by atoms with Crippen molar-refractivity contribution in [2.45, 2.75) is 58.8 Å². The summed E-state index contributed by atoms with van der Waals surface area (Å²) in [5.74, 6) is 0.597. The molecule has 20 heavy (non-hydrogen) atoms. The maximum Gasteiger partial charge on any atom is 0.303 e. The minimum atomic E-state index is -0.816. The highest BCUT2D eigenvalue weighted by molar-refractivity contribution is 5.66. The van der Waals surface area contributed by atoms with E-state index in [2.05, 4.69) is 23.8 Å². The molecule has 0 amide bonds. The van der Waals surface area contributed by atoms with Crippen LogP contribution < -0.4 is 5.56 Å². The molecule has 2 N–H and O–H groups in total. The van der Waals surface area contributed by atoms with Crippen LogP contribution in [0.5, 0.6) is 0 Å². The van der Waals surface area contributed by atoms with Crippen molar-refractivity contribution in [3.63, 3.8) is 0 Å². The normalized spacial score (nSPS) is 10.9. The number of rotatable bonds is 9. The monoisotopic (exact) mass is 280 g/mol. The standard InChI is InChI=1S/C15H24N2O3/c1-11(2)6-3-4-8-13-16-12(10-14(18)17-13)7-5-9-15(19)20/h10-11H,3-9H2,1-2H3,(H,19,20)(H,16,17,18). The minimum absolute atomic E-state index is 0.109. The molecule has 5 heteroatoms. The molecule has 0 aliphatic heterocycles. The average molecular weight is 280 g/mol. The van der Waals surface area contributed by atoms with Crippen molar-refractivity contribution < 1.29 is 9.90 Å². The van der Waals surface area contributed by atoms with Crippen LogP contribution in [0.4, 0.5) is 0 Å². The largest absolute Gasteiger partial charge is 0.481 e. The van der Waals surface area contributed by atoms with Gasteiger partial charge in [-0.15, -0.1) is 0 Å². The summed E-state index contributed by atoms with van der Waals surface area (Å²) in [4.78, 5) is 29.2. The van der Waals surface area contributed by atoms with Crippen LogP contribution in [0.15, 0.2) is 10.9 Å². The van der Waals surface area contributed by atoms with Gasteiger partial charge in [-0.3, -0.25) is 9.59 Å². The lowest BCUT2D eigenvalue weighted by atomic mass is 10.1. The fourth-order valence-corrected chi connectivity index (χ4v) is 2.08. The van der Waals surface area contributed by atoms with Crippen molar-refractivity contribution in [2.75, 3.05) is 0 Å². The molecule has 112 valence electrons. The van der Waals surface area contributed by atoms with Crippen LogP contribution in [0, 0.1) is 5.92 Å². The van der Waals surface area contributed by atoms with Crippen molar-refractivity contribution in [3.8, 4) is 0 Å². The van der Waals surface area contributed by atoms with Gasteiger partial charge >= 0.3 is 5.97 Å². The highest BCUT2D eigenvalue weighted by atomic mass is 16.4. The van der Waals surface area contributed by atoms with E-state index in [-0.39, 0.29) is 12.0 Å². The molecule has 0 bridgehead atoms. The second-order valence-electron chi connectivity index (χ2n) is 5.57. The molecular formula is C15H24N2O3. The van der Waals surface area contributed by atoms with Gasteiger partial charge in [0.25, 0.3) is 5.56 Å². The number of H-pyrrole nitrogens is 1. The van der Waals surface area contributed by atoms with Crippen LogP contribution in [-0.4, -0.2) is 21.0 Å². The van der Waals surface area contributed by atoms with Gasteiger partial charge in [0.15, 0.2) is 0 Å². The van der Waals surface area contributed by atoms with Crippen LogP contribution in [0.1, 0.15) is 57.5 Å². The highest BCUT2D eigenvalue weighted by Gasteiger charge is 2.04. The second kappa shape index (κ2) is 8.51. The third kappa shape index (κ3) is 7.07. The molecule has 1 aromatic heterocycles. The van der Waals surface area contributed by atoms with Crippen molar-refractivity contribution >= 4 is 5.97 Å². The summed E-state index contributed by atoms with van der Waals surface area (Å²) < 4.78 is 0. The fraction of sp³-hybridized carbons (Fsp3) is 0.667. The first-order valence-corrected chi connectivity index (χ1v) is 7.28. The molecule has 1 heterocycles. The Labute approximate surface area is 119 Å². The molecule has 0 atom stereocenters. The van der Waals surface area contributed by atoms with E-state index in [1.807, 2.05) is 0 Å². The Hall–Kier alpha value is -1.65. The first-order valence-electron chi connectivity index (χ1n) is 7.28. The fourth-order valence-electron chi connectivity index (χ4n) is 2.08. The smallest absolute Gasteiger partial charge is 0.303 e. The summed E-state index contributed by atoms with van der Waals surface area (Å²) >= 11 is 0. The summed E-state index contributed by atoms with van der Waals surface area (Å²) in [6, 6.07) is 1.46. The molecule has 1 aromatic rings. The van der Waals surface area contributed by atoms with Crippen molar-refractivity contribution in [3.05, 3.63) is 27.9 Å². The van der Waals surface area contributed by atoms with Crippen LogP contribution in [0.25, 0.3) is 0 Å². The molecule has 1 rings (SSSR count). The number of nitrogens with one attached hydrogen (secondary N) is 1. The van der Waals surface area contributed by atoms with Gasteiger partial charge in [-0.25, -0.2) is 4.98 Å². The predicted octanol–water partition coefficient (Wildman–Crippen LogP) is 2.55. The topological polar surface area (TPSA) is 83.0 Å². The number of carboxylic acids is 1. The number of hydrogen-bond acceptors (Lipinski definition) is 3. The lowest BCUT2D eigenvalue weighted by Crippen LogP contribution is -2.13. The van der Waals surface area contributed by atoms with Crippen molar-refractivity contribution in [1.82, 2.24) is 9.97 Å². The van der Waals surface area contributed by atoms with E-state index in [9.17, 15) is 9.59 Å². The molecule has 5 nitrogen and oxygen atoms in total. The van der Waals surface area contributed by atoms with Gasteiger partial charge in [0, 0.05) is 24.6 Å². The Balaban J connectivity index is 2.48. The summed E-state index contributed by atoms with van der Waals surface area (Å²) in [6.07, 6.45) is 5.26. The van der Waals surface area contributed by atoms with Gasteiger partial charge in [0.1, 0.15) is 5.82 Å². The highest BCUT2D eigenvalue weighted by Crippen LogP contribution is 2.08. The van der Waals surface area contributed by atoms with Crippen LogP contribution in [-0.2, 0) is 17.6 Å². The number of aryl methyl sites for hydroxylation is 2. The van der Waals surface area contributed by atoms with Gasteiger partial charge in [-0.1, -0.05) is 26.7 Å². The minimum Gasteiger partial charge on any atom is -0.481 e. The molecule has 0 radical (unpaired) electrons. The summed E-state index contributed by atoms with van der Waals surface area (Å²) in [6.45, 7) is 4.40. The van der Waals surface area contributed by atoms with Crippen molar-refractivity contribution in [1.29, 1.82) is 0 Å². The van der Waals surface area contributed by atoms with E-state index in [0.717, 1.165) is 19.3 Å². The first kappa shape index (κ1) is 16.4. The molecule has 0 aliphatic carbocycles. The van der Waals surface area contributed by atoms with E-state index in [1.165, 1.54) is 12.5 Å². The summed E-state index contributed by atoms with van der Waals surface area (Å²) in [7, 11) is 0. The first-order chi connectivity index (χ1) is 9.47. The zero-order valence-electron chi connectivity index (χ0n) is 12.3. The molecule has 0 unspecified atom stereocenters. The molecule has 0 spiro atoms. The second-order valence-corrected chi connectivity index (χ2v) is 5.57. The number of carbonyl (C=O) groups is 1. The van der Waals surface area contributed by atoms with E-state index in [0.29, 0.717) is 30.3 Å². The Morgan fingerprint density at radius 1 is 1.30 bits per heavy atom. The third-order valence-electron chi connectivity index (χ3n) is 3.11. The summed E-state index contributed by atoms with van der Waals surface area (Å²) in [5.41, 5.74) is 0.540. The molecule has 0 saturated carbocycles. The predicted molar refractivity (Wildman–Crippen MR) is 77.8 cm³/mol. The molecule has 0 saturated heterocycles. The Kier molecular flexibility index (Phi) is 6.98. The zero-order valence-corrected chi connectivity index (χ0v) is 12.3. The van der Waals surface area contributed by atoms with E-state index >= 15 is 0 Å². The van der Waals surface area contributed by atoms with Gasteiger partial charge in [0.2, 0.25) is 0 Å². The lowest BCUT2D eigenvalue weighted by Gasteiger charge is -2.05. The quantitative estimate of drug-likeness (QED) is 0.681. The van der Waals surface area contributed by atoms with E-state index < -0.39 is 5.97 Å². The number of nitrogens with zero attached hydrogens (tertiary/aromatic N) is 1. The number of aromatic nitrogens is 2. The van der Waals surface area contributed by atoms with Crippen LogP contribution in [0.3, 0.4) is 0 Å². The maximum atomic E-state index is 11.5. The average Bonchev–Trinajstić information content (AvgIpc) is 2.33. The number of aromatic amines is 1. The Morgan fingerprint density at radius 2 is 2.05 bits per heavy atom. The van der Waals surface area contributed by atoms with Gasteiger partial charge in [-0.2, -0.15) is 0 Å². The van der Waals surface area contributed by atoms with Gasteiger partial charge in [0.05, 0.1) is 0 Å². The van der Waals surface area contributed by atoms with Crippen LogP contribution in [0.2, 0.25) is 0 Å². The van der Waals surface area contributed by atoms with Crippen LogP contribution >= 0.6 is 0 Å². The van der Waals surface area contributed by atoms with Crippen molar-refractivity contribution in [2.24, 2.45) is 5.92 Å². The van der Waals surface area contributed by atoms with E-state index in [4.69, 9.17) is 5.11 Å². The Bertz CT molecular complexity index is 480. The number of carboxylic acid groups (broad SMARTS) is 1. The van der Waals surface area contributed by atoms with Gasteiger partial charge in [-0.05, 0) is 25.2 Å². The lowest BCUT2D eigenvalue weighted by molar-refractivity contribution is -0.137. The SMILES string of the molecule is CC(C)CCCCc1nc(CCCC(=O)O)cc(=O)[nH]1. The summed E-state index contributed by atoms with van der Waals surface area (Å²) in [5, 5.41) is 8.60. The molecule has 0 aliphatic rings. The Morgan fingerprint density at radius 3 is 2.70 bits per heavy atom. The third-order valence-corrected chi connectivity index (χ3v) is 3.11. The molecule has 0 fully saturated rings. The van der Waals surface area contributed by atoms with E-state index in [1.54, 1.807) is 0 Å². The zero-order chi connectivity index (χ0) is 15.0. The van der Waals surface area contributed by atoms with Gasteiger partial charge < -0.3 is 10.1 Å². The molecule has 0 aromatic carbocycles. The number of hydrogen-bond donors (Lipinski definition) is 2. The molecular weight excluding hydrogens is 256 g/mol. The number of unbranched alkanes of at least 4 members (excludes halogenated alkanes) is 1.